The molecule has 1 aromatic heterocycles. The molecule has 1 fully saturated rings. The average molecular weight is 320 g/mol. The number of amides is 1. The molecule has 2 rings (SSSR count). The minimum absolute atomic E-state index is 0.0881. The van der Waals surface area contributed by atoms with Gasteiger partial charge in [-0.15, -0.1) is 0 Å². The maximum Gasteiger partial charge on any atom is 0.256 e. The second kappa shape index (κ2) is 8.29. The first-order chi connectivity index (χ1) is 11.1. The van der Waals surface area contributed by atoms with Crippen molar-refractivity contribution in [1.29, 1.82) is 0 Å². The van der Waals surface area contributed by atoms with Gasteiger partial charge in [0, 0.05) is 12.7 Å². The van der Waals surface area contributed by atoms with Crippen LogP contribution in [0.15, 0.2) is 18.3 Å². The molecule has 0 saturated heterocycles. The highest BCUT2D eigenvalue weighted by atomic mass is 16.5. The van der Waals surface area contributed by atoms with Crippen LogP contribution in [0, 0.1) is 5.92 Å². The molecule has 0 aliphatic heterocycles. The van der Waals surface area contributed by atoms with Crippen LogP contribution in [-0.4, -0.2) is 29.7 Å². The van der Waals surface area contributed by atoms with Gasteiger partial charge in [-0.2, -0.15) is 0 Å². The van der Waals surface area contributed by atoms with Gasteiger partial charge >= 0.3 is 0 Å². The number of ether oxygens (including phenoxy) is 2. The summed E-state index contributed by atoms with van der Waals surface area (Å²) in [7, 11) is 0. The molecule has 1 atom stereocenters. The Labute approximate surface area is 138 Å². The number of hydrogen-bond donors (Lipinski definition) is 1. The molecule has 5 nitrogen and oxygen atoms in total. The third-order valence-corrected chi connectivity index (χ3v) is 4.16. The van der Waals surface area contributed by atoms with Crippen LogP contribution < -0.4 is 10.1 Å². The van der Waals surface area contributed by atoms with Crippen molar-refractivity contribution in [1.82, 2.24) is 4.98 Å². The first-order valence-electron chi connectivity index (χ1n) is 8.64. The predicted molar refractivity (Wildman–Crippen MR) is 90.6 cm³/mol. The van der Waals surface area contributed by atoms with E-state index < -0.39 is 5.60 Å². The molecular formula is C18H28N2O3. The number of nitrogens with one attached hydrogen (secondary N) is 1. The molecule has 5 heteroatoms. The van der Waals surface area contributed by atoms with Gasteiger partial charge in [0.15, 0.2) is 0 Å². The topological polar surface area (TPSA) is 60.5 Å². The fourth-order valence-corrected chi connectivity index (χ4v) is 2.43. The molecule has 0 aromatic carbocycles. The molecule has 1 saturated carbocycles. The van der Waals surface area contributed by atoms with Crippen LogP contribution >= 0.6 is 0 Å². The molecule has 0 radical (unpaired) electrons. The molecule has 1 amide bonds. The van der Waals surface area contributed by atoms with Crippen molar-refractivity contribution in [2.75, 3.05) is 18.5 Å². The van der Waals surface area contributed by atoms with Crippen LogP contribution in [0.2, 0.25) is 0 Å². The van der Waals surface area contributed by atoms with E-state index in [1.54, 1.807) is 12.3 Å². The number of carbonyl (C=O) groups excluding carboxylic acids is 1. The zero-order valence-corrected chi connectivity index (χ0v) is 14.4. The molecule has 0 unspecified atom stereocenters. The third kappa shape index (κ3) is 4.93. The van der Waals surface area contributed by atoms with Crippen LogP contribution in [0.3, 0.4) is 0 Å². The molecule has 1 heterocycles. The first kappa shape index (κ1) is 17.7. The van der Waals surface area contributed by atoms with Crippen LogP contribution in [0.1, 0.15) is 52.9 Å². The maximum atomic E-state index is 12.6. The molecule has 1 aromatic rings. The Morgan fingerprint density at radius 1 is 1.30 bits per heavy atom. The summed E-state index contributed by atoms with van der Waals surface area (Å²) in [6.45, 7) is 7.33. The summed E-state index contributed by atoms with van der Waals surface area (Å²) >= 11 is 0. The van der Waals surface area contributed by atoms with E-state index in [-0.39, 0.29) is 5.91 Å². The average Bonchev–Trinajstić information content (AvgIpc) is 3.39. The lowest BCUT2D eigenvalue weighted by Gasteiger charge is -2.28. The van der Waals surface area contributed by atoms with Crippen molar-refractivity contribution in [2.24, 2.45) is 5.92 Å². The lowest BCUT2D eigenvalue weighted by Crippen LogP contribution is -2.45. The third-order valence-electron chi connectivity index (χ3n) is 4.16. The molecule has 23 heavy (non-hydrogen) atoms. The minimum Gasteiger partial charge on any atom is -0.478 e. The van der Waals surface area contributed by atoms with Crippen molar-refractivity contribution in [3.63, 3.8) is 0 Å². The molecule has 1 aliphatic carbocycles. The second-order valence-electron chi connectivity index (χ2n) is 6.27. The SMILES string of the molecule is CCCCOc1ccc(NC(=O)[C@](C)(OCCC)C2CC2)cn1. The Bertz CT molecular complexity index is 499. The molecule has 0 spiro atoms. The van der Waals surface area contributed by atoms with Gasteiger partial charge < -0.3 is 14.8 Å². The summed E-state index contributed by atoms with van der Waals surface area (Å²) in [6, 6.07) is 3.60. The largest absolute Gasteiger partial charge is 0.478 e. The highest BCUT2D eigenvalue weighted by Gasteiger charge is 2.48. The van der Waals surface area contributed by atoms with Gasteiger partial charge in [0.05, 0.1) is 18.5 Å². The number of hydrogen-bond acceptors (Lipinski definition) is 4. The number of rotatable bonds is 10. The van der Waals surface area contributed by atoms with E-state index in [4.69, 9.17) is 9.47 Å². The highest BCUT2D eigenvalue weighted by molar-refractivity contribution is 5.97. The monoisotopic (exact) mass is 320 g/mol. The van der Waals surface area contributed by atoms with Crippen molar-refractivity contribution < 1.29 is 14.3 Å². The Hall–Kier alpha value is -1.62. The summed E-state index contributed by atoms with van der Waals surface area (Å²) in [4.78, 5) is 16.9. The predicted octanol–water partition coefficient (Wildman–Crippen LogP) is 3.79. The molecule has 1 N–H and O–H groups in total. The van der Waals surface area contributed by atoms with Crippen molar-refractivity contribution >= 4 is 11.6 Å². The van der Waals surface area contributed by atoms with Gasteiger partial charge in [0.2, 0.25) is 5.88 Å². The zero-order chi connectivity index (χ0) is 16.7. The standard InChI is InChI=1S/C18H28N2O3/c1-4-6-12-22-16-10-9-15(13-19-16)20-17(21)18(3,14-7-8-14)23-11-5-2/h9-10,13-14H,4-8,11-12H2,1-3H3,(H,20,21)/t18-/m1/s1. The van der Waals surface area contributed by atoms with Crippen LogP contribution in [0.25, 0.3) is 0 Å². The van der Waals surface area contributed by atoms with Crippen molar-refractivity contribution in [3.8, 4) is 5.88 Å². The zero-order valence-electron chi connectivity index (χ0n) is 14.4. The quantitative estimate of drug-likeness (QED) is 0.666. The molecule has 128 valence electrons. The van der Waals surface area contributed by atoms with Crippen LogP contribution in [0.5, 0.6) is 5.88 Å². The van der Waals surface area contributed by atoms with E-state index in [0.29, 0.717) is 30.7 Å². The van der Waals surface area contributed by atoms with Crippen LogP contribution in [-0.2, 0) is 9.53 Å². The number of unbranched alkanes of at least 4 members (excludes halogenated alkanes) is 1. The van der Waals surface area contributed by atoms with Gasteiger partial charge in [-0.3, -0.25) is 4.79 Å². The van der Waals surface area contributed by atoms with Gasteiger partial charge in [-0.25, -0.2) is 4.98 Å². The highest BCUT2D eigenvalue weighted by Crippen LogP contribution is 2.42. The van der Waals surface area contributed by atoms with Crippen LogP contribution in [0.4, 0.5) is 5.69 Å². The van der Waals surface area contributed by atoms with E-state index >= 15 is 0 Å². The Morgan fingerprint density at radius 2 is 2.09 bits per heavy atom. The fourth-order valence-electron chi connectivity index (χ4n) is 2.43. The van der Waals surface area contributed by atoms with Crippen molar-refractivity contribution in [2.45, 2.75) is 58.5 Å². The first-order valence-corrected chi connectivity index (χ1v) is 8.64. The molecule has 0 bridgehead atoms. The molecular weight excluding hydrogens is 292 g/mol. The number of anilines is 1. The lowest BCUT2D eigenvalue weighted by atomic mass is 9.99. The van der Waals surface area contributed by atoms with Gasteiger partial charge in [0.25, 0.3) is 5.91 Å². The summed E-state index contributed by atoms with van der Waals surface area (Å²) < 4.78 is 11.4. The Morgan fingerprint density at radius 3 is 2.65 bits per heavy atom. The van der Waals surface area contributed by atoms with E-state index in [1.807, 2.05) is 19.9 Å². The summed E-state index contributed by atoms with van der Waals surface area (Å²) in [5, 5.41) is 2.93. The number of aromatic nitrogens is 1. The Kier molecular flexibility index (Phi) is 6.39. The second-order valence-corrected chi connectivity index (χ2v) is 6.27. The normalized spacial score (nSPS) is 16.7. The minimum atomic E-state index is -0.744. The van der Waals surface area contributed by atoms with Gasteiger partial charge in [-0.05, 0) is 44.6 Å². The Balaban J connectivity index is 1.93. The number of nitrogens with zero attached hydrogens (tertiary/aromatic N) is 1. The van der Waals surface area contributed by atoms with Gasteiger partial charge in [-0.1, -0.05) is 20.3 Å². The smallest absolute Gasteiger partial charge is 0.256 e. The maximum absolute atomic E-state index is 12.6. The van der Waals surface area contributed by atoms with Crippen molar-refractivity contribution in [3.05, 3.63) is 18.3 Å². The van der Waals surface area contributed by atoms with Gasteiger partial charge in [0.1, 0.15) is 5.60 Å². The lowest BCUT2D eigenvalue weighted by molar-refractivity contribution is -0.142. The number of carbonyl (C=O) groups is 1. The summed E-state index contributed by atoms with van der Waals surface area (Å²) in [5.74, 6) is 0.817. The summed E-state index contributed by atoms with van der Waals surface area (Å²) in [5.41, 5.74) is -0.0726. The van der Waals surface area contributed by atoms with E-state index in [1.165, 1.54) is 0 Å². The van der Waals surface area contributed by atoms with E-state index in [2.05, 4.69) is 17.2 Å². The fraction of sp³-hybridized carbons (Fsp3) is 0.667. The molecule has 1 aliphatic rings. The summed E-state index contributed by atoms with van der Waals surface area (Å²) in [6.07, 6.45) is 6.74. The number of pyridine rings is 1. The van der Waals surface area contributed by atoms with E-state index in [0.717, 1.165) is 32.1 Å². The van der Waals surface area contributed by atoms with E-state index in [9.17, 15) is 4.79 Å².